The van der Waals surface area contributed by atoms with Crippen molar-refractivity contribution in [1.29, 1.82) is 0 Å². The van der Waals surface area contributed by atoms with Crippen molar-refractivity contribution in [3.05, 3.63) is 71.3 Å². The molecule has 2 saturated carbocycles. The van der Waals surface area contributed by atoms with Crippen LogP contribution in [0.5, 0.6) is 0 Å². The van der Waals surface area contributed by atoms with Gasteiger partial charge in [-0.15, -0.1) is 0 Å². The van der Waals surface area contributed by atoms with Gasteiger partial charge in [0.15, 0.2) is 0 Å². The minimum absolute atomic E-state index is 0.254. The van der Waals surface area contributed by atoms with Crippen LogP contribution in [0, 0.1) is 5.41 Å². The average Bonchev–Trinajstić information content (AvgIpc) is 3.63. The van der Waals surface area contributed by atoms with Crippen molar-refractivity contribution in [2.45, 2.75) is 50.2 Å². The van der Waals surface area contributed by atoms with Gasteiger partial charge in [0.2, 0.25) is 0 Å². The molecule has 5 rings (SSSR count). The van der Waals surface area contributed by atoms with E-state index in [4.69, 9.17) is 0 Å². The van der Waals surface area contributed by atoms with Crippen molar-refractivity contribution >= 4 is 5.97 Å². The van der Waals surface area contributed by atoms with Gasteiger partial charge in [-0.25, -0.2) is 0 Å². The Labute approximate surface area is 166 Å². The Bertz CT molecular complexity index is 862. The molecule has 0 amide bonds. The van der Waals surface area contributed by atoms with Gasteiger partial charge in [-0.2, -0.15) is 0 Å². The lowest BCUT2D eigenvalue weighted by molar-refractivity contribution is -0.144. The SMILES string of the molecule is O=C(O)[C@@H]1Cc2ccccc2CN1CC1(CN[C@H]2CC2c2ccccc2)CC1. The molecule has 0 saturated heterocycles. The van der Waals surface area contributed by atoms with Crippen LogP contribution in [0.2, 0.25) is 0 Å². The lowest BCUT2D eigenvalue weighted by atomic mass is 9.92. The van der Waals surface area contributed by atoms with Crippen molar-refractivity contribution in [2.24, 2.45) is 5.41 Å². The molecule has 2 aromatic carbocycles. The number of aliphatic carboxylic acids is 1. The van der Waals surface area contributed by atoms with E-state index in [2.05, 4.69) is 58.7 Å². The molecule has 4 heteroatoms. The van der Waals surface area contributed by atoms with E-state index >= 15 is 0 Å². The zero-order valence-electron chi connectivity index (χ0n) is 16.2. The monoisotopic (exact) mass is 376 g/mol. The highest BCUT2D eigenvalue weighted by Gasteiger charge is 2.48. The standard InChI is InChI=1S/C24H28N2O2/c27-23(28)22-12-18-8-4-5-9-19(18)14-26(22)16-24(10-11-24)15-25-21-13-20(21)17-6-2-1-3-7-17/h1-9,20-22,25H,10-16H2,(H,27,28)/t20?,21-,22-/m0/s1. The van der Waals surface area contributed by atoms with Crippen molar-refractivity contribution in [1.82, 2.24) is 10.2 Å². The van der Waals surface area contributed by atoms with Crippen molar-refractivity contribution in [3.8, 4) is 0 Å². The fourth-order valence-corrected chi connectivity index (χ4v) is 4.82. The van der Waals surface area contributed by atoms with E-state index in [-0.39, 0.29) is 5.41 Å². The van der Waals surface area contributed by atoms with E-state index in [1.54, 1.807) is 0 Å². The summed E-state index contributed by atoms with van der Waals surface area (Å²) in [5.41, 5.74) is 4.17. The van der Waals surface area contributed by atoms with Gasteiger partial charge >= 0.3 is 5.97 Å². The molecule has 2 N–H and O–H groups in total. The minimum Gasteiger partial charge on any atom is -0.480 e. The van der Waals surface area contributed by atoms with Crippen molar-refractivity contribution < 1.29 is 9.90 Å². The van der Waals surface area contributed by atoms with Crippen LogP contribution in [-0.4, -0.2) is 41.1 Å². The summed E-state index contributed by atoms with van der Waals surface area (Å²) in [6, 6.07) is 19.2. The maximum atomic E-state index is 11.9. The first-order valence-corrected chi connectivity index (χ1v) is 10.5. The van der Waals surface area contributed by atoms with Crippen LogP contribution >= 0.6 is 0 Å². The second-order valence-corrected chi connectivity index (χ2v) is 8.97. The van der Waals surface area contributed by atoms with Crippen molar-refractivity contribution in [2.75, 3.05) is 13.1 Å². The van der Waals surface area contributed by atoms with Gasteiger partial charge in [-0.1, -0.05) is 54.6 Å². The van der Waals surface area contributed by atoms with Gasteiger partial charge in [-0.05, 0) is 47.8 Å². The highest BCUT2D eigenvalue weighted by atomic mass is 16.4. The maximum Gasteiger partial charge on any atom is 0.321 e. The number of carboxylic acids is 1. The van der Waals surface area contributed by atoms with Crippen LogP contribution in [0.15, 0.2) is 54.6 Å². The number of hydrogen-bond donors (Lipinski definition) is 2. The first kappa shape index (κ1) is 17.9. The first-order valence-electron chi connectivity index (χ1n) is 10.5. The Balaban J connectivity index is 1.21. The third kappa shape index (κ3) is 3.59. The molecule has 0 radical (unpaired) electrons. The number of carbonyl (C=O) groups is 1. The molecular formula is C24H28N2O2. The van der Waals surface area contributed by atoms with Gasteiger partial charge in [0.25, 0.3) is 0 Å². The second-order valence-electron chi connectivity index (χ2n) is 8.97. The molecule has 2 aromatic rings. The Hall–Kier alpha value is -2.17. The van der Waals surface area contributed by atoms with Gasteiger partial charge in [-0.3, -0.25) is 9.69 Å². The molecule has 1 unspecified atom stereocenters. The molecule has 146 valence electrons. The summed E-state index contributed by atoms with van der Waals surface area (Å²) in [5.74, 6) is -0.0461. The largest absolute Gasteiger partial charge is 0.480 e. The third-order valence-electron chi connectivity index (χ3n) is 6.88. The van der Waals surface area contributed by atoms with E-state index < -0.39 is 12.0 Å². The molecule has 2 fully saturated rings. The zero-order chi connectivity index (χ0) is 19.1. The number of rotatable bonds is 7. The topological polar surface area (TPSA) is 52.6 Å². The maximum absolute atomic E-state index is 11.9. The lowest BCUT2D eigenvalue weighted by Crippen LogP contribution is -2.49. The molecule has 3 aliphatic rings. The smallest absolute Gasteiger partial charge is 0.321 e. The van der Waals surface area contributed by atoms with Crippen LogP contribution < -0.4 is 5.32 Å². The van der Waals surface area contributed by atoms with E-state index in [1.165, 1.54) is 36.0 Å². The molecule has 0 bridgehead atoms. The van der Waals surface area contributed by atoms with Crippen LogP contribution in [0.25, 0.3) is 0 Å². The molecule has 3 atom stereocenters. The highest BCUT2D eigenvalue weighted by Crippen LogP contribution is 2.48. The summed E-state index contributed by atoms with van der Waals surface area (Å²) >= 11 is 0. The summed E-state index contributed by atoms with van der Waals surface area (Å²) in [4.78, 5) is 14.1. The minimum atomic E-state index is -0.690. The molecular weight excluding hydrogens is 348 g/mol. The average molecular weight is 377 g/mol. The molecule has 1 aliphatic heterocycles. The van der Waals surface area contributed by atoms with E-state index in [1.807, 2.05) is 6.07 Å². The summed E-state index contributed by atoms with van der Waals surface area (Å²) in [6.45, 7) is 2.64. The lowest BCUT2D eigenvalue weighted by Gasteiger charge is -2.37. The highest BCUT2D eigenvalue weighted by molar-refractivity contribution is 5.74. The Morgan fingerprint density at radius 1 is 1.07 bits per heavy atom. The molecule has 4 nitrogen and oxygen atoms in total. The number of fused-ring (bicyclic) bond motifs is 1. The van der Waals surface area contributed by atoms with Crippen LogP contribution in [-0.2, 0) is 17.8 Å². The van der Waals surface area contributed by atoms with Gasteiger partial charge in [0.05, 0.1) is 0 Å². The summed E-state index contributed by atoms with van der Waals surface area (Å²) in [6.07, 6.45) is 4.24. The number of nitrogens with zero attached hydrogens (tertiary/aromatic N) is 1. The Morgan fingerprint density at radius 3 is 2.50 bits per heavy atom. The number of carboxylic acid groups (broad SMARTS) is 1. The molecule has 1 heterocycles. The van der Waals surface area contributed by atoms with E-state index in [9.17, 15) is 9.90 Å². The van der Waals surface area contributed by atoms with Crippen LogP contribution in [0.1, 0.15) is 41.9 Å². The zero-order valence-corrected chi connectivity index (χ0v) is 16.2. The normalized spacial score (nSPS) is 27.8. The number of nitrogens with one attached hydrogen (secondary N) is 1. The predicted octanol–water partition coefficient (Wildman–Crippen LogP) is 3.42. The number of hydrogen-bond acceptors (Lipinski definition) is 3. The summed E-state index contributed by atoms with van der Waals surface area (Å²) in [7, 11) is 0. The van der Waals surface area contributed by atoms with Gasteiger partial charge < -0.3 is 10.4 Å². The van der Waals surface area contributed by atoms with Crippen LogP contribution in [0.4, 0.5) is 0 Å². The van der Waals surface area contributed by atoms with Gasteiger partial charge in [0, 0.05) is 31.6 Å². The van der Waals surface area contributed by atoms with E-state index in [0.29, 0.717) is 18.4 Å². The third-order valence-corrected chi connectivity index (χ3v) is 6.88. The molecule has 2 aliphatic carbocycles. The fraction of sp³-hybridized carbons (Fsp3) is 0.458. The Morgan fingerprint density at radius 2 is 1.79 bits per heavy atom. The summed E-state index contributed by atoms with van der Waals surface area (Å²) in [5, 5.41) is 13.6. The fourth-order valence-electron chi connectivity index (χ4n) is 4.82. The van der Waals surface area contributed by atoms with Gasteiger partial charge in [0.1, 0.15) is 6.04 Å². The van der Waals surface area contributed by atoms with E-state index in [0.717, 1.165) is 19.6 Å². The molecule has 0 aromatic heterocycles. The second kappa shape index (κ2) is 7.02. The number of benzene rings is 2. The Kier molecular flexibility index (Phi) is 4.48. The predicted molar refractivity (Wildman–Crippen MR) is 109 cm³/mol. The first-order chi connectivity index (χ1) is 13.6. The molecule has 28 heavy (non-hydrogen) atoms. The van der Waals surface area contributed by atoms with Crippen LogP contribution in [0.3, 0.4) is 0 Å². The molecule has 0 spiro atoms. The van der Waals surface area contributed by atoms with Crippen molar-refractivity contribution in [3.63, 3.8) is 0 Å². The quantitative estimate of drug-likeness (QED) is 0.777. The summed E-state index contributed by atoms with van der Waals surface area (Å²) < 4.78 is 0.